The van der Waals surface area contributed by atoms with Crippen LogP contribution in [-0.2, 0) is 6.54 Å². The standard InChI is InChI=1S/C10H13ClN2O/c1-3-13(2)6-8-4-5-10(11)12-9(8)7-14/h4-5,7H,3,6H2,1-2H3. The molecule has 0 atom stereocenters. The van der Waals surface area contributed by atoms with Crippen LogP contribution in [0.15, 0.2) is 12.1 Å². The van der Waals surface area contributed by atoms with E-state index in [0.29, 0.717) is 10.8 Å². The van der Waals surface area contributed by atoms with Gasteiger partial charge in [0.1, 0.15) is 10.8 Å². The van der Waals surface area contributed by atoms with Crippen molar-refractivity contribution in [1.82, 2.24) is 9.88 Å². The van der Waals surface area contributed by atoms with Gasteiger partial charge in [-0.3, -0.25) is 4.79 Å². The Morgan fingerprint density at radius 2 is 2.29 bits per heavy atom. The van der Waals surface area contributed by atoms with E-state index in [1.807, 2.05) is 13.1 Å². The average molecular weight is 213 g/mol. The number of rotatable bonds is 4. The largest absolute Gasteiger partial charge is 0.302 e. The molecule has 0 bridgehead atoms. The first-order chi connectivity index (χ1) is 6.67. The summed E-state index contributed by atoms with van der Waals surface area (Å²) in [5, 5.41) is 0.356. The van der Waals surface area contributed by atoms with Crippen LogP contribution >= 0.6 is 11.6 Å². The summed E-state index contributed by atoms with van der Waals surface area (Å²) in [6.45, 7) is 3.71. The lowest BCUT2D eigenvalue weighted by molar-refractivity contribution is 0.111. The first-order valence-corrected chi connectivity index (χ1v) is 4.84. The van der Waals surface area contributed by atoms with E-state index in [4.69, 9.17) is 11.6 Å². The van der Waals surface area contributed by atoms with Crippen molar-refractivity contribution in [3.05, 3.63) is 28.5 Å². The minimum atomic E-state index is 0.356. The highest BCUT2D eigenvalue weighted by Crippen LogP contribution is 2.11. The summed E-state index contributed by atoms with van der Waals surface area (Å²) in [4.78, 5) is 16.8. The topological polar surface area (TPSA) is 33.2 Å². The number of carbonyl (C=O) groups excluding carboxylic acids is 1. The van der Waals surface area contributed by atoms with Crippen LogP contribution in [0.3, 0.4) is 0 Å². The Morgan fingerprint density at radius 1 is 1.57 bits per heavy atom. The molecule has 1 aromatic heterocycles. The minimum Gasteiger partial charge on any atom is -0.302 e. The van der Waals surface area contributed by atoms with Crippen LogP contribution in [0.4, 0.5) is 0 Å². The SMILES string of the molecule is CCN(C)Cc1ccc(Cl)nc1C=O. The van der Waals surface area contributed by atoms with E-state index in [-0.39, 0.29) is 0 Å². The maximum absolute atomic E-state index is 10.7. The van der Waals surface area contributed by atoms with Gasteiger partial charge in [0.05, 0.1) is 0 Å². The van der Waals surface area contributed by atoms with Crippen LogP contribution in [-0.4, -0.2) is 29.8 Å². The molecule has 0 aromatic carbocycles. The number of carbonyl (C=O) groups is 1. The van der Waals surface area contributed by atoms with Crippen LogP contribution in [0.1, 0.15) is 23.0 Å². The van der Waals surface area contributed by atoms with Crippen molar-refractivity contribution in [3.8, 4) is 0 Å². The average Bonchev–Trinajstić information content (AvgIpc) is 2.20. The third kappa shape index (κ3) is 2.79. The van der Waals surface area contributed by atoms with Crippen LogP contribution in [0, 0.1) is 0 Å². The lowest BCUT2D eigenvalue weighted by atomic mass is 10.2. The van der Waals surface area contributed by atoms with Crippen LogP contribution < -0.4 is 0 Å². The number of nitrogens with zero attached hydrogens (tertiary/aromatic N) is 2. The normalized spacial score (nSPS) is 10.6. The van der Waals surface area contributed by atoms with E-state index in [9.17, 15) is 4.79 Å². The highest BCUT2D eigenvalue weighted by molar-refractivity contribution is 6.29. The minimum absolute atomic E-state index is 0.356. The molecule has 0 unspecified atom stereocenters. The van der Waals surface area contributed by atoms with E-state index in [1.54, 1.807) is 6.07 Å². The van der Waals surface area contributed by atoms with E-state index in [1.165, 1.54) is 0 Å². The van der Waals surface area contributed by atoms with Crippen molar-refractivity contribution in [1.29, 1.82) is 0 Å². The molecule has 1 rings (SSSR count). The zero-order valence-electron chi connectivity index (χ0n) is 8.33. The lowest BCUT2D eigenvalue weighted by Gasteiger charge is -2.14. The van der Waals surface area contributed by atoms with Gasteiger partial charge in [-0.2, -0.15) is 0 Å². The summed E-state index contributed by atoms with van der Waals surface area (Å²) < 4.78 is 0. The molecule has 0 radical (unpaired) electrons. The molecule has 76 valence electrons. The van der Waals surface area contributed by atoms with E-state index < -0.39 is 0 Å². The summed E-state index contributed by atoms with van der Waals surface area (Å²) in [5.74, 6) is 0. The molecule has 0 aliphatic rings. The molecule has 0 fully saturated rings. The van der Waals surface area contributed by atoms with Gasteiger partial charge >= 0.3 is 0 Å². The number of aromatic nitrogens is 1. The molecule has 0 saturated heterocycles. The number of hydrogen-bond donors (Lipinski definition) is 0. The number of halogens is 1. The Kier molecular flexibility index (Phi) is 4.04. The molecule has 0 aliphatic heterocycles. The van der Waals surface area contributed by atoms with Crippen molar-refractivity contribution in [3.63, 3.8) is 0 Å². The lowest BCUT2D eigenvalue weighted by Crippen LogP contribution is -2.18. The Morgan fingerprint density at radius 3 is 2.86 bits per heavy atom. The Labute approximate surface area is 88.7 Å². The molecule has 14 heavy (non-hydrogen) atoms. The fraction of sp³-hybridized carbons (Fsp3) is 0.400. The van der Waals surface area contributed by atoms with Crippen molar-refractivity contribution in [2.75, 3.05) is 13.6 Å². The van der Waals surface area contributed by atoms with Crippen molar-refractivity contribution < 1.29 is 4.79 Å². The third-order valence-electron chi connectivity index (χ3n) is 2.07. The van der Waals surface area contributed by atoms with Crippen molar-refractivity contribution >= 4 is 17.9 Å². The number of hydrogen-bond acceptors (Lipinski definition) is 3. The maximum Gasteiger partial charge on any atom is 0.168 e. The van der Waals surface area contributed by atoms with E-state index in [0.717, 1.165) is 24.9 Å². The Hall–Kier alpha value is -0.930. The molecule has 1 aromatic rings. The van der Waals surface area contributed by atoms with E-state index in [2.05, 4.69) is 16.8 Å². The maximum atomic E-state index is 10.7. The summed E-state index contributed by atoms with van der Waals surface area (Å²) in [7, 11) is 1.99. The molecule has 0 N–H and O–H groups in total. The van der Waals surface area contributed by atoms with Gasteiger partial charge < -0.3 is 4.90 Å². The van der Waals surface area contributed by atoms with Gasteiger partial charge in [0.25, 0.3) is 0 Å². The quantitative estimate of drug-likeness (QED) is 0.566. The van der Waals surface area contributed by atoms with Gasteiger partial charge in [0.2, 0.25) is 0 Å². The third-order valence-corrected chi connectivity index (χ3v) is 2.28. The summed E-state index contributed by atoms with van der Waals surface area (Å²) in [5.41, 5.74) is 1.34. The zero-order valence-corrected chi connectivity index (χ0v) is 9.08. The Balaban J connectivity index is 2.90. The molecule has 0 aliphatic carbocycles. The second-order valence-corrected chi connectivity index (χ2v) is 3.51. The van der Waals surface area contributed by atoms with Gasteiger partial charge in [-0.15, -0.1) is 0 Å². The van der Waals surface area contributed by atoms with Gasteiger partial charge in [0, 0.05) is 6.54 Å². The van der Waals surface area contributed by atoms with Crippen molar-refractivity contribution in [2.24, 2.45) is 0 Å². The Bertz CT molecular complexity index is 328. The second-order valence-electron chi connectivity index (χ2n) is 3.13. The molecular formula is C10H13ClN2O. The summed E-state index contributed by atoms with van der Waals surface area (Å²) in [6.07, 6.45) is 0.741. The van der Waals surface area contributed by atoms with Crippen molar-refractivity contribution in [2.45, 2.75) is 13.5 Å². The first kappa shape index (κ1) is 11.1. The van der Waals surface area contributed by atoms with Gasteiger partial charge in [-0.1, -0.05) is 24.6 Å². The van der Waals surface area contributed by atoms with E-state index >= 15 is 0 Å². The van der Waals surface area contributed by atoms with Gasteiger partial charge in [-0.25, -0.2) is 4.98 Å². The van der Waals surface area contributed by atoms with Gasteiger partial charge in [-0.05, 0) is 25.2 Å². The molecule has 3 nitrogen and oxygen atoms in total. The molecule has 0 spiro atoms. The smallest absolute Gasteiger partial charge is 0.168 e. The fourth-order valence-corrected chi connectivity index (χ4v) is 1.27. The summed E-state index contributed by atoms with van der Waals surface area (Å²) in [6, 6.07) is 3.54. The summed E-state index contributed by atoms with van der Waals surface area (Å²) >= 11 is 5.68. The highest BCUT2D eigenvalue weighted by atomic mass is 35.5. The number of pyridine rings is 1. The highest BCUT2D eigenvalue weighted by Gasteiger charge is 2.05. The zero-order chi connectivity index (χ0) is 10.6. The van der Waals surface area contributed by atoms with Gasteiger partial charge in [0.15, 0.2) is 6.29 Å². The molecule has 0 saturated carbocycles. The monoisotopic (exact) mass is 212 g/mol. The molecule has 1 heterocycles. The molecule has 4 heteroatoms. The second kappa shape index (κ2) is 5.08. The fourth-order valence-electron chi connectivity index (χ4n) is 1.12. The molecular weight excluding hydrogens is 200 g/mol. The van der Waals surface area contributed by atoms with Crippen LogP contribution in [0.25, 0.3) is 0 Å². The predicted octanol–water partition coefficient (Wildman–Crippen LogP) is 2.00. The van der Waals surface area contributed by atoms with Crippen LogP contribution in [0.2, 0.25) is 5.15 Å². The first-order valence-electron chi connectivity index (χ1n) is 4.46. The number of aldehydes is 1. The van der Waals surface area contributed by atoms with Crippen LogP contribution in [0.5, 0.6) is 0 Å². The molecule has 0 amide bonds. The predicted molar refractivity (Wildman–Crippen MR) is 56.6 cm³/mol.